The van der Waals surface area contributed by atoms with Crippen LogP contribution in [0, 0.1) is 0 Å². The van der Waals surface area contributed by atoms with E-state index in [-0.39, 0.29) is 0 Å². The molecule has 0 aromatic heterocycles. The molecule has 1 rings (SSSR count). The molecule has 1 aromatic carbocycles. The first kappa shape index (κ1) is 22.1. The SMILES string of the molecule is CCCCCOCCOCCOCCOCCOCc1ccccc1. The fourth-order valence-electron chi connectivity index (χ4n) is 2.10. The Kier molecular flexibility index (Phi) is 15.7. The van der Waals surface area contributed by atoms with Gasteiger partial charge in [0.2, 0.25) is 0 Å². The maximum absolute atomic E-state index is 5.54. The fraction of sp³-hybridized carbons (Fsp3) is 0.700. The molecule has 1 aromatic rings. The number of rotatable bonds is 18. The second kappa shape index (κ2) is 17.8. The molecular weight excluding hydrogens is 320 g/mol. The van der Waals surface area contributed by atoms with Gasteiger partial charge in [0, 0.05) is 6.61 Å². The average molecular weight is 354 g/mol. The molecule has 0 atom stereocenters. The molecule has 25 heavy (non-hydrogen) atoms. The van der Waals surface area contributed by atoms with Crippen LogP contribution >= 0.6 is 0 Å². The summed E-state index contributed by atoms with van der Waals surface area (Å²) in [5.74, 6) is 0. The van der Waals surface area contributed by atoms with Gasteiger partial charge in [-0.05, 0) is 12.0 Å². The van der Waals surface area contributed by atoms with Crippen molar-refractivity contribution in [2.24, 2.45) is 0 Å². The van der Waals surface area contributed by atoms with Gasteiger partial charge in [0.1, 0.15) is 0 Å². The molecule has 0 N–H and O–H groups in total. The summed E-state index contributed by atoms with van der Waals surface area (Å²) in [7, 11) is 0. The first-order valence-electron chi connectivity index (χ1n) is 9.36. The predicted molar refractivity (Wildman–Crippen MR) is 98.9 cm³/mol. The van der Waals surface area contributed by atoms with Gasteiger partial charge >= 0.3 is 0 Å². The third-order valence-corrected chi connectivity index (χ3v) is 3.49. The summed E-state index contributed by atoms with van der Waals surface area (Å²) in [5.41, 5.74) is 1.18. The quantitative estimate of drug-likeness (QED) is 0.378. The molecule has 0 aliphatic heterocycles. The Morgan fingerprint density at radius 2 is 1.04 bits per heavy atom. The molecule has 0 aliphatic rings. The molecular formula is C20H34O5. The van der Waals surface area contributed by atoms with E-state index in [2.05, 4.69) is 19.1 Å². The third-order valence-electron chi connectivity index (χ3n) is 3.49. The van der Waals surface area contributed by atoms with Gasteiger partial charge in [0.05, 0.1) is 59.5 Å². The molecule has 0 amide bonds. The smallest absolute Gasteiger partial charge is 0.0718 e. The van der Waals surface area contributed by atoms with E-state index in [0.717, 1.165) is 13.0 Å². The zero-order valence-corrected chi connectivity index (χ0v) is 15.6. The maximum Gasteiger partial charge on any atom is 0.0718 e. The highest BCUT2D eigenvalue weighted by Gasteiger charge is 1.94. The Morgan fingerprint density at radius 1 is 0.560 bits per heavy atom. The van der Waals surface area contributed by atoms with Crippen LogP contribution in [0.1, 0.15) is 31.7 Å². The lowest BCUT2D eigenvalue weighted by Gasteiger charge is -2.08. The maximum atomic E-state index is 5.54. The number of benzene rings is 1. The zero-order chi connectivity index (χ0) is 17.8. The van der Waals surface area contributed by atoms with E-state index < -0.39 is 0 Å². The summed E-state index contributed by atoms with van der Waals surface area (Å²) in [6.45, 7) is 8.46. The number of unbranched alkanes of at least 4 members (excludes halogenated alkanes) is 2. The van der Waals surface area contributed by atoms with Gasteiger partial charge in [0.25, 0.3) is 0 Å². The lowest BCUT2D eigenvalue weighted by Crippen LogP contribution is -2.13. The van der Waals surface area contributed by atoms with Gasteiger partial charge in [-0.25, -0.2) is 0 Å². The Morgan fingerprint density at radius 3 is 1.56 bits per heavy atom. The van der Waals surface area contributed by atoms with Crippen molar-refractivity contribution in [3.63, 3.8) is 0 Å². The number of hydrogen-bond acceptors (Lipinski definition) is 5. The molecule has 0 spiro atoms. The lowest BCUT2D eigenvalue weighted by molar-refractivity contribution is -0.0126. The van der Waals surface area contributed by atoms with Gasteiger partial charge in [-0.15, -0.1) is 0 Å². The van der Waals surface area contributed by atoms with Crippen molar-refractivity contribution in [3.8, 4) is 0 Å². The van der Waals surface area contributed by atoms with Crippen LogP contribution in [-0.4, -0.2) is 59.5 Å². The van der Waals surface area contributed by atoms with Crippen LogP contribution in [0.25, 0.3) is 0 Å². The van der Waals surface area contributed by atoms with Crippen LogP contribution in [0.4, 0.5) is 0 Å². The summed E-state index contributed by atoms with van der Waals surface area (Å²) in [4.78, 5) is 0. The zero-order valence-electron chi connectivity index (χ0n) is 15.6. The highest BCUT2D eigenvalue weighted by atomic mass is 16.6. The van der Waals surface area contributed by atoms with Gasteiger partial charge in [-0.2, -0.15) is 0 Å². The molecule has 0 bridgehead atoms. The minimum Gasteiger partial charge on any atom is -0.379 e. The van der Waals surface area contributed by atoms with Crippen LogP contribution in [0.3, 0.4) is 0 Å². The first-order valence-corrected chi connectivity index (χ1v) is 9.36. The van der Waals surface area contributed by atoms with Gasteiger partial charge in [-0.1, -0.05) is 50.1 Å². The van der Waals surface area contributed by atoms with Gasteiger partial charge in [0.15, 0.2) is 0 Å². The summed E-state index contributed by atoms with van der Waals surface area (Å²) in [6.07, 6.45) is 3.59. The van der Waals surface area contributed by atoms with Crippen LogP contribution in [0.2, 0.25) is 0 Å². The van der Waals surface area contributed by atoms with E-state index >= 15 is 0 Å². The molecule has 5 heteroatoms. The predicted octanol–water partition coefficient (Wildman–Crippen LogP) is 3.46. The second-order valence-electron chi connectivity index (χ2n) is 5.69. The van der Waals surface area contributed by atoms with Gasteiger partial charge in [-0.3, -0.25) is 0 Å². The number of ether oxygens (including phenoxy) is 5. The molecule has 0 heterocycles. The highest BCUT2D eigenvalue weighted by molar-refractivity contribution is 5.13. The van der Waals surface area contributed by atoms with Crippen LogP contribution < -0.4 is 0 Å². The van der Waals surface area contributed by atoms with Crippen molar-refractivity contribution in [2.45, 2.75) is 32.8 Å². The minimum absolute atomic E-state index is 0.579. The minimum atomic E-state index is 0.579. The lowest BCUT2D eigenvalue weighted by atomic mass is 10.2. The standard InChI is InChI=1S/C20H34O5/c1-2-3-7-10-21-11-12-22-13-14-23-15-16-24-17-18-25-19-20-8-5-4-6-9-20/h4-6,8-9H,2-3,7,10-19H2,1H3. The van der Waals surface area contributed by atoms with Crippen molar-refractivity contribution in [1.82, 2.24) is 0 Å². The highest BCUT2D eigenvalue weighted by Crippen LogP contribution is 2.00. The van der Waals surface area contributed by atoms with Crippen LogP contribution in [0.5, 0.6) is 0 Å². The largest absolute Gasteiger partial charge is 0.379 e. The molecule has 5 nitrogen and oxygen atoms in total. The molecule has 0 saturated carbocycles. The Labute approximate surface area is 152 Å². The molecule has 0 fully saturated rings. The summed E-state index contributed by atoms with van der Waals surface area (Å²) < 4.78 is 27.3. The topological polar surface area (TPSA) is 46.2 Å². The van der Waals surface area contributed by atoms with E-state index in [0.29, 0.717) is 59.5 Å². The molecule has 0 aliphatic carbocycles. The normalized spacial score (nSPS) is 11.1. The molecule has 0 radical (unpaired) electrons. The Bertz CT molecular complexity index is 372. The monoisotopic (exact) mass is 354 g/mol. The van der Waals surface area contributed by atoms with Gasteiger partial charge < -0.3 is 23.7 Å². The van der Waals surface area contributed by atoms with E-state index in [1.54, 1.807) is 0 Å². The Balaban J connectivity index is 1.69. The molecule has 0 saturated heterocycles. The molecule has 0 unspecified atom stereocenters. The van der Waals surface area contributed by atoms with Crippen molar-refractivity contribution in [3.05, 3.63) is 35.9 Å². The van der Waals surface area contributed by atoms with E-state index in [9.17, 15) is 0 Å². The Hall–Kier alpha value is -0.980. The van der Waals surface area contributed by atoms with Crippen LogP contribution in [-0.2, 0) is 30.3 Å². The summed E-state index contributed by atoms with van der Waals surface area (Å²) >= 11 is 0. The van der Waals surface area contributed by atoms with Crippen molar-refractivity contribution in [2.75, 3.05) is 59.5 Å². The van der Waals surface area contributed by atoms with Crippen molar-refractivity contribution >= 4 is 0 Å². The summed E-state index contributed by atoms with van der Waals surface area (Å²) in [5, 5.41) is 0. The third kappa shape index (κ3) is 15.0. The van der Waals surface area contributed by atoms with E-state index in [1.807, 2.05) is 18.2 Å². The van der Waals surface area contributed by atoms with Crippen molar-refractivity contribution in [1.29, 1.82) is 0 Å². The van der Waals surface area contributed by atoms with E-state index in [4.69, 9.17) is 23.7 Å². The van der Waals surface area contributed by atoms with E-state index in [1.165, 1.54) is 18.4 Å². The van der Waals surface area contributed by atoms with Crippen LogP contribution in [0.15, 0.2) is 30.3 Å². The second-order valence-corrected chi connectivity index (χ2v) is 5.69. The first-order chi connectivity index (χ1) is 12.4. The number of hydrogen-bond donors (Lipinski definition) is 0. The van der Waals surface area contributed by atoms with Crippen molar-refractivity contribution < 1.29 is 23.7 Å². The molecule has 144 valence electrons. The summed E-state index contributed by atoms with van der Waals surface area (Å²) in [6, 6.07) is 10.1. The fourth-order valence-corrected chi connectivity index (χ4v) is 2.10. The average Bonchev–Trinajstić information content (AvgIpc) is 2.65.